The van der Waals surface area contributed by atoms with Crippen LogP contribution >= 0.6 is 61.2 Å². The number of fused-ring (bicyclic) bond motifs is 1. The highest BCUT2D eigenvalue weighted by atomic mass is 127. The third-order valence-corrected chi connectivity index (χ3v) is 7.00. The average Bonchev–Trinajstić information content (AvgIpc) is 3.04. The van der Waals surface area contributed by atoms with Crippen molar-refractivity contribution in [1.82, 2.24) is 5.32 Å². The van der Waals surface area contributed by atoms with Crippen LogP contribution in [0, 0.1) is 2.88 Å². The van der Waals surface area contributed by atoms with E-state index in [4.69, 9.17) is 0 Å². The molecule has 0 saturated heterocycles. The molecule has 2 heterocycles. The van der Waals surface area contributed by atoms with Crippen LogP contribution in [-0.2, 0) is 0 Å². The summed E-state index contributed by atoms with van der Waals surface area (Å²) in [7, 11) is 0. The first kappa shape index (κ1) is 15.0. The van der Waals surface area contributed by atoms with Gasteiger partial charge in [0.2, 0.25) is 0 Å². The van der Waals surface area contributed by atoms with Crippen LogP contribution in [0.4, 0.5) is 0 Å². The van der Waals surface area contributed by atoms with E-state index in [1.165, 1.54) is 28.6 Å². The molecule has 1 nitrogen and oxygen atoms in total. The van der Waals surface area contributed by atoms with E-state index < -0.39 is 0 Å². The standard InChI is InChI=1S/C15H13BrINS2/c1-2-18-14(9-6-13(17)19-7-9)11-8-20-15-10(11)4-3-5-12(15)16/h3-8,14,18H,2H2,1H3. The van der Waals surface area contributed by atoms with Crippen LogP contribution < -0.4 is 5.32 Å². The number of halogens is 2. The quantitative estimate of drug-likeness (QED) is 0.452. The number of hydrogen-bond acceptors (Lipinski definition) is 3. The first-order valence-electron chi connectivity index (χ1n) is 6.33. The smallest absolute Gasteiger partial charge is 0.0656 e. The van der Waals surface area contributed by atoms with Crippen molar-refractivity contribution in [2.75, 3.05) is 6.54 Å². The van der Waals surface area contributed by atoms with E-state index in [9.17, 15) is 0 Å². The van der Waals surface area contributed by atoms with Crippen molar-refractivity contribution in [3.05, 3.63) is 53.5 Å². The van der Waals surface area contributed by atoms with Crippen molar-refractivity contribution >= 4 is 71.3 Å². The van der Waals surface area contributed by atoms with Crippen molar-refractivity contribution in [2.45, 2.75) is 13.0 Å². The maximum absolute atomic E-state index is 3.65. The van der Waals surface area contributed by atoms with Gasteiger partial charge in [0, 0.05) is 9.17 Å². The first-order valence-corrected chi connectivity index (χ1v) is 9.96. The van der Waals surface area contributed by atoms with Gasteiger partial charge in [-0.2, -0.15) is 0 Å². The Morgan fingerprint density at radius 3 is 2.85 bits per heavy atom. The molecule has 0 fully saturated rings. The molecule has 1 aromatic carbocycles. The van der Waals surface area contributed by atoms with E-state index in [2.05, 4.69) is 85.8 Å². The topological polar surface area (TPSA) is 12.0 Å². The summed E-state index contributed by atoms with van der Waals surface area (Å²) in [6.07, 6.45) is 0. The zero-order chi connectivity index (χ0) is 14.1. The van der Waals surface area contributed by atoms with Gasteiger partial charge in [-0.05, 0) is 84.5 Å². The predicted molar refractivity (Wildman–Crippen MR) is 102 cm³/mol. The van der Waals surface area contributed by atoms with Crippen LogP contribution in [0.15, 0.2) is 39.5 Å². The molecule has 5 heteroatoms. The third-order valence-electron chi connectivity index (χ3n) is 3.22. The van der Waals surface area contributed by atoms with Crippen molar-refractivity contribution in [3.8, 4) is 0 Å². The molecule has 0 amide bonds. The van der Waals surface area contributed by atoms with Crippen molar-refractivity contribution in [1.29, 1.82) is 0 Å². The molecule has 0 aliphatic rings. The lowest BCUT2D eigenvalue weighted by atomic mass is 10.0. The van der Waals surface area contributed by atoms with Crippen LogP contribution in [0.2, 0.25) is 0 Å². The average molecular weight is 478 g/mol. The fourth-order valence-corrected chi connectivity index (χ4v) is 5.40. The van der Waals surface area contributed by atoms with Gasteiger partial charge in [0.1, 0.15) is 0 Å². The van der Waals surface area contributed by atoms with Gasteiger partial charge in [0.15, 0.2) is 0 Å². The largest absolute Gasteiger partial charge is 0.306 e. The second kappa shape index (κ2) is 6.44. The highest BCUT2D eigenvalue weighted by Gasteiger charge is 2.19. The Balaban J connectivity index is 2.12. The zero-order valence-corrected chi connectivity index (χ0v) is 16.2. The van der Waals surface area contributed by atoms with Gasteiger partial charge in [0.25, 0.3) is 0 Å². The molecule has 1 atom stereocenters. The molecule has 0 saturated carbocycles. The van der Waals surface area contributed by atoms with Gasteiger partial charge in [-0.15, -0.1) is 22.7 Å². The van der Waals surface area contributed by atoms with E-state index in [0.717, 1.165) is 6.54 Å². The van der Waals surface area contributed by atoms with Gasteiger partial charge in [-0.25, -0.2) is 0 Å². The number of hydrogen-bond donors (Lipinski definition) is 1. The zero-order valence-electron chi connectivity index (χ0n) is 10.8. The van der Waals surface area contributed by atoms with Gasteiger partial charge in [0.05, 0.1) is 8.93 Å². The SMILES string of the molecule is CCNC(c1csc(I)c1)c1csc2c(Br)cccc12. The summed E-state index contributed by atoms with van der Waals surface area (Å²) in [6, 6.07) is 9.00. The van der Waals surface area contributed by atoms with E-state index in [-0.39, 0.29) is 6.04 Å². The Morgan fingerprint density at radius 1 is 1.30 bits per heavy atom. The van der Waals surface area contributed by atoms with Crippen molar-refractivity contribution < 1.29 is 0 Å². The highest BCUT2D eigenvalue weighted by Crippen LogP contribution is 2.38. The number of thiophene rings is 2. The van der Waals surface area contributed by atoms with E-state index in [1.807, 2.05) is 11.3 Å². The Bertz CT molecular complexity index is 734. The maximum atomic E-state index is 3.65. The van der Waals surface area contributed by atoms with Gasteiger partial charge < -0.3 is 5.32 Å². The predicted octanol–water partition coefficient (Wildman–Crippen LogP) is 6.03. The molecule has 104 valence electrons. The van der Waals surface area contributed by atoms with Gasteiger partial charge >= 0.3 is 0 Å². The molecule has 20 heavy (non-hydrogen) atoms. The Kier molecular flexibility index (Phi) is 4.82. The molecule has 0 aliphatic heterocycles. The van der Waals surface area contributed by atoms with E-state index in [1.54, 1.807) is 11.3 Å². The summed E-state index contributed by atoms with van der Waals surface area (Å²) >= 11 is 9.66. The molecule has 3 aromatic rings. The minimum atomic E-state index is 0.280. The summed E-state index contributed by atoms with van der Waals surface area (Å²) in [5, 5.41) is 9.51. The molecular formula is C15H13BrINS2. The lowest BCUT2D eigenvalue weighted by Crippen LogP contribution is -2.21. The molecular weight excluding hydrogens is 465 g/mol. The fraction of sp³-hybridized carbons (Fsp3) is 0.200. The molecule has 0 spiro atoms. The molecule has 0 aliphatic carbocycles. The van der Waals surface area contributed by atoms with Crippen molar-refractivity contribution in [3.63, 3.8) is 0 Å². The lowest BCUT2D eigenvalue weighted by molar-refractivity contribution is 0.637. The van der Waals surface area contributed by atoms with Crippen LogP contribution in [0.25, 0.3) is 10.1 Å². The highest BCUT2D eigenvalue weighted by molar-refractivity contribution is 14.1. The Hall–Kier alpha value is 0.0500. The van der Waals surface area contributed by atoms with Crippen molar-refractivity contribution in [2.24, 2.45) is 0 Å². The second-order valence-corrected chi connectivity index (χ2v) is 9.02. The van der Waals surface area contributed by atoms with Crippen LogP contribution in [-0.4, -0.2) is 6.54 Å². The Labute approximate surface area is 148 Å². The van der Waals surface area contributed by atoms with Crippen LogP contribution in [0.3, 0.4) is 0 Å². The molecule has 2 aromatic heterocycles. The number of rotatable bonds is 4. The summed E-state index contributed by atoms with van der Waals surface area (Å²) in [5.41, 5.74) is 2.74. The minimum Gasteiger partial charge on any atom is -0.306 e. The summed E-state index contributed by atoms with van der Waals surface area (Å²) in [5.74, 6) is 0. The fourth-order valence-electron chi connectivity index (χ4n) is 2.35. The second-order valence-electron chi connectivity index (χ2n) is 4.48. The molecule has 0 bridgehead atoms. The minimum absolute atomic E-state index is 0.280. The third kappa shape index (κ3) is 2.83. The van der Waals surface area contributed by atoms with Crippen LogP contribution in [0.1, 0.15) is 24.1 Å². The molecule has 0 radical (unpaired) electrons. The van der Waals surface area contributed by atoms with Crippen LogP contribution in [0.5, 0.6) is 0 Å². The summed E-state index contributed by atoms with van der Waals surface area (Å²) < 4.78 is 3.85. The van der Waals surface area contributed by atoms with Gasteiger partial charge in [-0.3, -0.25) is 0 Å². The normalized spacial score (nSPS) is 12.9. The first-order chi connectivity index (χ1) is 9.70. The van der Waals surface area contributed by atoms with E-state index in [0.29, 0.717) is 0 Å². The van der Waals surface area contributed by atoms with E-state index >= 15 is 0 Å². The number of nitrogens with one attached hydrogen (secondary N) is 1. The monoisotopic (exact) mass is 477 g/mol. The molecule has 1 N–H and O–H groups in total. The molecule has 3 rings (SSSR count). The maximum Gasteiger partial charge on any atom is 0.0656 e. The summed E-state index contributed by atoms with van der Waals surface area (Å²) in [4.78, 5) is 0. The molecule has 1 unspecified atom stereocenters. The lowest BCUT2D eigenvalue weighted by Gasteiger charge is -2.16. The summed E-state index contributed by atoms with van der Waals surface area (Å²) in [6.45, 7) is 3.12. The Morgan fingerprint density at radius 2 is 2.15 bits per heavy atom. The number of benzene rings is 1. The van der Waals surface area contributed by atoms with Gasteiger partial charge in [-0.1, -0.05) is 19.1 Å².